The average Bonchev–Trinajstić information content (AvgIpc) is 2.26. The standard InChI is InChI=1S/C7H14N4O7/c1-3-6(12)4-7(9(13)14,10(15)16)5-8(2)11(17)18/h6,12H,3-5H2,1-2H3. The number of likely N-dealkylation sites (N-methyl/N-ethyl adjacent to an activating group) is 1. The van der Waals surface area contributed by atoms with Gasteiger partial charge in [0.25, 0.3) is 0 Å². The third kappa shape index (κ3) is 3.48. The molecule has 0 aromatic heterocycles. The highest BCUT2D eigenvalue weighted by molar-refractivity contribution is 4.73. The van der Waals surface area contributed by atoms with Crippen LogP contribution in [0.25, 0.3) is 0 Å². The predicted octanol–water partition coefficient (Wildman–Crippen LogP) is -0.479. The van der Waals surface area contributed by atoms with Crippen LogP contribution in [0.3, 0.4) is 0 Å². The van der Waals surface area contributed by atoms with Gasteiger partial charge in [0, 0.05) is 0 Å². The first kappa shape index (κ1) is 16.0. The lowest BCUT2D eigenvalue weighted by Gasteiger charge is -2.20. The van der Waals surface area contributed by atoms with E-state index in [1.165, 1.54) is 6.92 Å². The molecule has 1 atom stereocenters. The molecule has 0 saturated carbocycles. The summed E-state index contributed by atoms with van der Waals surface area (Å²) in [7, 11) is 0.889. The highest BCUT2D eigenvalue weighted by Crippen LogP contribution is 2.21. The molecule has 0 aliphatic rings. The molecule has 0 heterocycles. The molecule has 0 aliphatic carbocycles. The van der Waals surface area contributed by atoms with Crippen molar-refractivity contribution in [3.63, 3.8) is 0 Å². The van der Waals surface area contributed by atoms with Crippen LogP contribution in [0.4, 0.5) is 0 Å². The van der Waals surface area contributed by atoms with Gasteiger partial charge in [0.2, 0.25) is 6.54 Å². The molecule has 1 N–H and O–H groups in total. The van der Waals surface area contributed by atoms with E-state index in [4.69, 9.17) is 0 Å². The smallest absolute Gasteiger partial charge is 0.393 e. The molecular weight excluding hydrogens is 252 g/mol. The van der Waals surface area contributed by atoms with Gasteiger partial charge < -0.3 is 5.11 Å². The van der Waals surface area contributed by atoms with Gasteiger partial charge in [0.15, 0.2) is 5.03 Å². The van der Waals surface area contributed by atoms with E-state index >= 15 is 0 Å². The predicted molar refractivity (Wildman–Crippen MR) is 57.3 cm³/mol. The van der Waals surface area contributed by atoms with E-state index in [0.717, 1.165) is 7.05 Å². The molecule has 11 nitrogen and oxygen atoms in total. The highest BCUT2D eigenvalue weighted by atomic mass is 16.7. The maximum absolute atomic E-state index is 10.9. The fourth-order valence-electron chi connectivity index (χ4n) is 1.34. The number of aliphatic hydroxyl groups is 1. The van der Waals surface area contributed by atoms with Gasteiger partial charge in [-0.2, -0.15) is 0 Å². The van der Waals surface area contributed by atoms with Gasteiger partial charge in [-0.05, 0) is 6.42 Å². The number of aliphatic hydroxyl groups excluding tert-OH is 1. The molecule has 18 heavy (non-hydrogen) atoms. The fourth-order valence-corrected chi connectivity index (χ4v) is 1.34. The van der Waals surface area contributed by atoms with E-state index in [-0.39, 0.29) is 11.4 Å². The quantitative estimate of drug-likeness (QED) is 0.351. The summed E-state index contributed by atoms with van der Waals surface area (Å²) in [5, 5.41) is 40.8. The second kappa shape index (κ2) is 6.05. The summed E-state index contributed by atoms with van der Waals surface area (Å²) in [6.07, 6.45) is -1.99. The van der Waals surface area contributed by atoms with Crippen LogP contribution in [0, 0.1) is 30.3 Å². The molecule has 0 bridgehead atoms. The van der Waals surface area contributed by atoms with E-state index in [1.54, 1.807) is 0 Å². The normalized spacial score (nSPS) is 12.8. The topological polar surface area (TPSA) is 153 Å². The van der Waals surface area contributed by atoms with E-state index in [2.05, 4.69) is 0 Å². The fraction of sp³-hybridized carbons (Fsp3) is 1.00. The summed E-state index contributed by atoms with van der Waals surface area (Å²) in [5.41, 5.74) is -2.79. The maximum atomic E-state index is 10.9. The van der Waals surface area contributed by atoms with Crippen LogP contribution in [-0.4, -0.2) is 50.4 Å². The van der Waals surface area contributed by atoms with Crippen molar-refractivity contribution >= 4 is 0 Å². The van der Waals surface area contributed by atoms with E-state index in [9.17, 15) is 35.4 Å². The van der Waals surface area contributed by atoms with Crippen LogP contribution in [0.15, 0.2) is 0 Å². The molecule has 0 fully saturated rings. The second-order valence-corrected chi connectivity index (χ2v) is 3.82. The molecule has 0 aromatic carbocycles. The van der Waals surface area contributed by atoms with E-state index in [1.807, 2.05) is 0 Å². The van der Waals surface area contributed by atoms with Crippen LogP contribution in [0.1, 0.15) is 19.8 Å². The van der Waals surface area contributed by atoms with Gasteiger partial charge in [-0.3, -0.25) is 20.2 Å². The Morgan fingerprint density at radius 3 is 1.94 bits per heavy atom. The van der Waals surface area contributed by atoms with Crippen molar-refractivity contribution in [2.24, 2.45) is 0 Å². The lowest BCUT2D eigenvalue weighted by Crippen LogP contribution is -2.56. The zero-order valence-electron chi connectivity index (χ0n) is 9.88. The van der Waals surface area contributed by atoms with E-state index < -0.39 is 39.6 Å². The summed E-state index contributed by atoms with van der Waals surface area (Å²) in [6, 6.07) is 0. The molecule has 104 valence electrons. The van der Waals surface area contributed by atoms with Crippen molar-refractivity contribution in [2.45, 2.75) is 31.5 Å². The number of hydrazine groups is 1. The molecular formula is C7H14N4O7. The van der Waals surface area contributed by atoms with Gasteiger partial charge >= 0.3 is 5.66 Å². The van der Waals surface area contributed by atoms with E-state index in [0.29, 0.717) is 0 Å². The SMILES string of the molecule is CCC(O)CC(CN(C)[N+](=O)[O-])([N+](=O)[O-])[N+](=O)[O-]. The maximum Gasteiger partial charge on any atom is 0.483 e. The first-order valence-corrected chi connectivity index (χ1v) is 5.00. The Labute approximate surface area is 101 Å². The Kier molecular flexibility index (Phi) is 5.36. The van der Waals surface area contributed by atoms with Crippen molar-refractivity contribution in [1.82, 2.24) is 5.01 Å². The molecule has 0 spiro atoms. The molecule has 0 saturated heterocycles. The third-order valence-electron chi connectivity index (χ3n) is 2.47. The minimum atomic E-state index is -2.79. The Bertz CT molecular complexity index is 333. The Balaban J connectivity index is 5.29. The molecule has 0 aromatic rings. The summed E-state index contributed by atoms with van der Waals surface area (Å²) in [4.78, 5) is 29.7. The molecule has 0 aliphatic heterocycles. The van der Waals surface area contributed by atoms with Crippen molar-refractivity contribution < 1.29 is 20.0 Å². The third-order valence-corrected chi connectivity index (χ3v) is 2.47. The van der Waals surface area contributed by atoms with Crippen LogP contribution in [-0.2, 0) is 0 Å². The summed E-state index contributed by atoms with van der Waals surface area (Å²) in [5.74, 6) is 0. The lowest BCUT2D eigenvalue weighted by molar-refractivity contribution is -0.810. The van der Waals surface area contributed by atoms with Crippen LogP contribution in [0.5, 0.6) is 0 Å². The van der Waals surface area contributed by atoms with Crippen molar-refractivity contribution in [3.8, 4) is 0 Å². The first-order chi connectivity index (χ1) is 8.17. The number of nitrogens with zero attached hydrogens (tertiary/aromatic N) is 4. The zero-order chi connectivity index (χ0) is 14.5. The summed E-state index contributed by atoms with van der Waals surface area (Å²) < 4.78 is 0. The number of nitro groups is 3. The zero-order valence-corrected chi connectivity index (χ0v) is 9.88. The molecule has 0 rings (SSSR count). The second-order valence-electron chi connectivity index (χ2n) is 3.82. The van der Waals surface area contributed by atoms with Crippen molar-refractivity contribution in [2.75, 3.05) is 13.6 Å². The lowest BCUT2D eigenvalue weighted by atomic mass is 10.0. The largest absolute Gasteiger partial charge is 0.483 e. The molecule has 0 radical (unpaired) electrons. The van der Waals surface area contributed by atoms with Gasteiger partial charge in [-0.1, -0.05) is 6.92 Å². The number of rotatable bonds is 8. The number of hydrogen-bond donors (Lipinski definition) is 1. The number of hydrogen-bond acceptors (Lipinski definition) is 7. The summed E-state index contributed by atoms with van der Waals surface area (Å²) in [6.45, 7) is 0.462. The monoisotopic (exact) mass is 266 g/mol. The van der Waals surface area contributed by atoms with Gasteiger partial charge in [0.1, 0.15) is 16.3 Å². The molecule has 1 unspecified atom stereocenters. The van der Waals surface area contributed by atoms with Crippen LogP contribution in [0.2, 0.25) is 0 Å². The van der Waals surface area contributed by atoms with Crippen molar-refractivity contribution in [1.29, 1.82) is 0 Å². The Morgan fingerprint density at radius 1 is 1.22 bits per heavy atom. The average molecular weight is 266 g/mol. The highest BCUT2D eigenvalue weighted by Gasteiger charge is 2.59. The minimum absolute atomic E-state index is 0.0750. The first-order valence-electron chi connectivity index (χ1n) is 5.00. The molecule has 0 amide bonds. The van der Waals surface area contributed by atoms with Crippen molar-refractivity contribution in [3.05, 3.63) is 30.3 Å². The Hall–Kier alpha value is -2.04. The minimum Gasteiger partial charge on any atom is -0.393 e. The molecule has 11 heteroatoms. The van der Waals surface area contributed by atoms with Gasteiger partial charge in [-0.25, -0.2) is 10.1 Å². The van der Waals surface area contributed by atoms with Gasteiger partial charge in [-0.15, -0.1) is 5.01 Å². The Morgan fingerprint density at radius 2 is 1.67 bits per heavy atom. The summed E-state index contributed by atoms with van der Waals surface area (Å²) >= 11 is 0. The van der Waals surface area contributed by atoms with Crippen LogP contribution >= 0.6 is 0 Å². The van der Waals surface area contributed by atoms with Crippen LogP contribution < -0.4 is 0 Å². The van der Waals surface area contributed by atoms with Gasteiger partial charge in [0.05, 0.1) is 13.2 Å².